The number of aryl methyl sites for hydroxylation is 1. The second kappa shape index (κ2) is 4.69. The number of hydrogen-bond donors (Lipinski definition) is 0. The number of hydrogen-bond acceptors (Lipinski definition) is 2. The van der Waals surface area contributed by atoms with E-state index in [0.29, 0.717) is 0 Å². The lowest BCUT2D eigenvalue weighted by Crippen LogP contribution is -2.27. The van der Waals surface area contributed by atoms with Crippen LogP contribution in [0.5, 0.6) is 0 Å². The summed E-state index contributed by atoms with van der Waals surface area (Å²) >= 11 is 0. The van der Waals surface area contributed by atoms with Gasteiger partial charge in [0.1, 0.15) is 5.60 Å². The molecule has 0 aliphatic heterocycles. The smallest absolute Gasteiger partial charge is 0.309 e. The summed E-state index contributed by atoms with van der Waals surface area (Å²) < 4.78 is 5.49. The molecule has 0 radical (unpaired) electrons. The summed E-state index contributed by atoms with van der Waals surface area (Å²) in [4.78, 5) is 11.6. The summed E-state index contributed by atoms with van der Waals surface area (Å²) in [5.41, 5.74) is 1.66. The highest BCUT2D eigenvalue weighted by Gasteiger charge is 2.26. The van der Waals surface area contributed by atoms with Crippen LogP contribution in [0.3, 0.4) is 0 Å². The molecule has 0 aliphatic rings. The van der Waals surface area contributed by atoms with E-state index in [9.17, 15) is 4.79 Å². The summed E-state index contributed by atoms with van der Waals surface area (Å²) in [5.74, 6) is -0.254. The first-order valence-corrected chi connectivity index (χ1v) is 5.63. The van der Waals surface area contributed by atoms with E-state index in [2.05, 4.69) is 0 Å². The Morgan fingerprint density at radius 1 is 1.19 bits per heavy atom. The van der Waals surface area contributed by atoms with Crippen LogP contribution in [-0.4, -0.2) is 5.97 Å². The molecule has 0 heterocycles. The Hall–Kier alpha value is -1.31. The molecule has 1 rings (SSSR count). The van der Waals surface area contributed by atoms with E-state index >= 15 is 0 Å². The molecule has 2 heteroatoms. The lowest BCUT2D eigenvalue weighted by Gasteiger charge is -2.26. The van der Waals surface area contributed by atoms with Crippen LogP contribution in [0.4, 0.5) is 0 Å². The average Bonchev–Trinajstić information content (AvgIpc) is 2.17. The van der Waals surface area contributed by atoms with Gasteiger partial charge in [-0.15, -0.1) is 0 Å². The van der Waals surface area contributed by atoms with Gasteiger partial charge in [0.25, 0.3) is 0 Å². The quantitative estimate of drug-likeness (QED) is 0.729. The Bertz CT molecular complexity index is 361. The Morgan fingerprint density at radius 3 is 2.12 bits per heavy atom. The Morgan fingerprint density at radius 2 is 1.69 bits per heavy atom. The molecule has 0 amide bonds. The van der Waals surface area contributed by atoms with Gasteiger partial charge >= 0.3 is 5.97 Å². The fourth-order valence-electron chi connectivity index (χ4n) is 1.38. The molecule has 0 saturated heterocycles. The molecule has 0 aromatic heterocycles. The molecular weight excluding hydrogens is 200 g/mol. The standard InChI is InChI=1S/C14H20O2/c1-10(2)13(15)16-14(4,5)12-8-6-11(3)7-9-12/h6-10H,1-5H3. The monoisotopic (exact) mass is 220 g/mol. The average molecular weight is 220 g/mol. The Balaban J connectivity index is 2.85. The van der Waals surface area contributed by atoms with E-state index in [1.165, 1.54) is 5.56 Å². The van der Waals surface area contributed by atoms with Gasteiger partial charge in [0.05, 0.1) is 5.92 Å². The highest BCUT2D eigenvalue weighted by molar-refractivity contribution is 5.72. The summed E-state index contributed by atoms with van der Waals surface area (Å²) in [6, 6.07) is 8.06. The maximum absolute atomic E-state index is 11.6. The molecule has 0 bridgehead atoms. The van der Waals surface area contributed by atoms with Crippen molar-refractivity contribution in [1.82, 2.24) is 0 Å². The minimum absolute atomic E-state index is 0.0928. The molecule has 0 N–H and O–H groups in total. The van der Waals surface area contributed by atoms with Gasteiger partial charge in [0, 0.05) is 0 Å². The van der Waals surface area contributed by atoms with Crippen molar-refractivity contribution >= 4 is 5.97 Å². The van der Waals surface area contributed by atoms with Crippen LogP contribution in [0.15, 0.2) is 24.3 Å². The zero-order chi connectivity index (χ0) is 12.3. The topological polar surface area (TPSA) is 26.3 Å². The van der Waals surface area contributed by atoms with Crippen molar-refractivity contribution in [2.75, 3.05) is 0 Å². The second-order valence-corrected chi connectivity index (χ2v) is 4.95. The van der Waals surface area contributed by atoms with Gasteiger partial charge in [-0.2, -0.15) is 0 Å². The van der Waals surface area contributed by atoms with E-state index in [-0.39, 0.29) is 11.9 Å². The zero-order valence-electron chi connectivity index (χ0n) is 10.7. The van der Waals surface area contributed by atoms with Gasteiger partial charge in [-0.25, -0.2) is 0 Å². The largest absolute Gasteiger partial charge is 0.455 e. The highest BCUT2D eigenvalue weighted by atomic mass is 16.6. The molecule has 0 unspecified atom stereocenters. The molecule has 0 fully saturated rings. The van der Waals surface area contributed by atoms with Crippen LogP contribution in [0.1, 0.15) is 38.8 Å². The second-order valence-electron chi connectivity index (χ2n) is 4.95. The minimum atomic E-state index is -0.560. The van der Waals surface area contributed by atoms with Crippen LogP contribution in [0.2, 0.25) is 0 Å². The summed E-state index contributed by atoms with van der Waals surface area (Å²) in [6.45, 7) is 9.55. The van der Waals surface area contributed by atoms with Crippen LogP contribution >= 0.6 is 0 Å². The Labute approximate surface area is 97.6 Å². The van der Waals surface area contributed by atoms with Crippen molar-refractivity contribution in [2.45, 2.75) is 40.2 Å². The number of carbonyl (C=O) groups is 1. The maximum atomic E-state index is 11.6. The van der Waals surface area contributed by atoms with Crippen molar-refractivity contribution in [3.63, 3.8) is 0 Å². The number of benzene rings is 1. The molecule has 0 atom stereocenters. The first-order chi connectivity index (χ1) is 7.33. The van der Waals surface area contributed by atoms with Gasteiger partial charge in [0.2, 0.25) is 0 Å². The fourth-order valence-corrected chi connectivity index (χ4v) is 1.38. The summed E-state index contributed by atoms with van der Waals surface area (Å²) in [7, 11) is 0. The number of carbonyl (C=O) groups excluding carboxylic acids is 1. The third kappa shape index (κ3) is 3.09. The van der Waals surface area contributed by atoms with Crippen LogP contribution in [0, 0.1) is 12.8 Å². The third-order valence-corrected chi connectivity index (χ3v) is 2.57. The first-order valence-electron chi connectivity index (χ1n) is 5.63. The van der Waals surface area contributed by atoms with Crippen molar-refractivity contribution < 1.29 is 9.53 Å². The Kier molecular flexibility index (Phi) is 3.74. The predicted molar refractivity (Wildman–Crippen MR) is 65.1 cm³/mol. The number of esters is 1. The molecule has 0 aliphatic carbocycles. The van der Waals surface area contributed by atoms with Crippen molar-refractivity contribution in [1.29, 1.82) is 0 Å². The SMILES string of the molecule is Cc1ccc(C(C)(C)OC(=O)C(C)C)cc1. The summed E-state index contributed by atoms with van der Waals surface area (Å²) in [5, 5.41) is 0. The van der Waals surface area contributed by atoms with Gasteiger partial charge in [-0.05, 0) is 26.3 Å². The van der Waals surface area contributed by atoms with Crippen LogP contribution in [0.25, 0.3) is 0 Å². The first kappa shape index (κ1) is 12.8. The molecule has 16 heavy (non-hydrogen) atoms. The third-order valence-electron chi connectivity index (χ3n) is 2.57. The fraction of sp³-hybridized carbons (Fsp3) is 0.500. The highest BCUT2D eigenvalue weighted by Crippen LogP contribution is 2.26. The molecule has 0 spiro atoms. The lowest BCUT2D eigenvalue weighted by atomic mass is 9.97. The van der Waals surface area contributed by atoms with E-state index in [4.69, 9.17) is 4.74 Å². The molecule has 0 saturated carbocycles. The minimum Gasteiger partial charge on any atom is -0.455 e. The molecule has 1 aromatic rings. The molecule has 88 valence electrons. The van der Waals surface area contributed by atoms with Gasteiger partial charge in [-0.1, -0.05) is 43.7 Å². The van der Waals surface area contributed by atoms with Crippen molar-refractivity contribution in [3.8, 4) is 0 Å². The molecule has 1 aromatic carbocycles. The van der Waals surface area contributed by atoms with Gasteiger partial charge in [-0.3, -0.25) is 4.79 Å². The van der Waals surface area contributed by atoms with E-state index in [0.717, 1.165) is 5.56 Å². The van der Waals surface area contributed by atoms with Crippen molar-refractivity contribution in [3.05, 3.63) is 35.4 Å². The van der Waals surface area contributed by atoms with Crippen LogP contribution in [-0.2, 0) is 15.1 Å². The van der Waals surface area contributed by atoms with Gasteiger partial charge in [0.15, 0.2) is 0 Å². The summed E-state index contributed by atoms with van der Waals surface area (Å²) in [6.07, 6.45) is 0. The van der Waals surface area contributed by atoms with E-state index in [1.54, 1.807) is 0 Å². The van der Waals surface area contributed by atoms with E-state index < -0.39 is 5.60 Å². The number of ether oxygens (including phenoxy) is 1. The molecule has 2 nitrogen and oxygen atoms in total. The van der Waals surface area contributed by atoms with Crippen LogP contribution < -0.4 is 0 Å². The number of rotatable bonds is 3. The lowest BCUT2D eigenvalue weighted by molar-refractivity contribution is -0.161. The zero-order valence-corrected chi connectivity index (χ0v) is 10.7. The normalized spacial score (nSPS) is 11.6. The van der Waals surface area contributed by atoms with Crippen molar-refractivity contribution in [2.24, 2.45) is 5.92 Å². The predicted octanol–water partition coefficient (Wildman–Crippen LogP) is 3.43. The van der Waals surface area contributed by atoms with E-state index in [1.807, 2.05) is 58.9 Å². The molecular formula is C14H20O2. The van der Waals surface area contributed by atoms with Gasteiger partial charge < -0.3 is 4.74 Å². The maximum Gasteiger partial charge on any atom is 0.309 e.